The zero-order valence-corrected chi connectivity index (χ0v) is 17.1. The van der Waals surface area contributed by atoms with E-state index in [1.165, 1.54) is 0 Å². The summed E-state index contributed by atoms with van der Waals surface area (Å²) in [5.74, 6) is 0.927. The number of nitrogens with two attached hydrogens (primary N) is 1. The van der Waals surface area contributed by atoms with E-state index in [1.807, 2.05) is 60.7 Å². The molecule has 0 aliphatic heterocycles. The lowest BCUT2D eigenvalue weighted by molar-refractivity contribution is 0.0735. The summed E-state index contributed by atoms with van der Waals surface area (Å²) in [7, 11) is 0. The van der Waals surface area contributed by atoms with Gasteiger partial charge in [0.2, 0.25) is 0 Å². The summed E-state index contributed by atoms with van der Waals surface area (Å²) in [6, 6.07) is 28.1. The zero-order valence-electron chi connectivity index (χ0n) is 17.1. The van der Waals surface area contributed by atoms with Crippen LogP contribution in [0.2, 0.25) is 0 Å². The van der Waals surface area contributed by atoms with Gasteiger partial charge in [0.25, 0.3) is 0 Å². The summed E-state index contributed by atoms with van der Waals surface area (Å²) in [5.41, 5.74) is 8.58. The molecule has 0 aliphatic carbocycles. The molecule has 0 saturated carbocycles. The van der Waals surface area contributed by atoms with Gasteiger partial charge in [0, 0.05) is 22.2 Å². The van der Waals surface area contributed by atoms with Gasteiger partial charge in [-0.3, -0.25) is 5.41 Å². The molecule has 6 heteroatoms. The molecule has 0 unspecified atom stereocenters. The van der Waals surface area contributed by atoms with E-state index in [9.17, 15) is 4.79 Å². The van der Waals surface area contributed by atoms with Crippen molar-refractivity contribution in [3.63, 3.8) is 0 Å². The van der Waals surface area contributed by atoms with Gasteiger partial charge in [-0.05, 0) is 65.4 Å². The Morgan fingerprint density at radius 1 is 0.812 bits per heavy atom. The number of amidine groups is 1. The standard InChI is InChI=1S/C26H20N4O2/c27-25(28)20-6-5-18-14-22(12-9-17(18)13-20)32-26(31)16-7-10-21(11-8-16)29-24-15-19-3-1-2-4-23(19)30-24/h1-15,29-30H,(H3,27,28). The van der Waals surface area contributed by atoms with E-state index >= 15 is 0 Å². The molecule has 1 heterocycles. The number of benzene rings is 4. The Labute approximate surface area is 184 Å². The quantitative estimate of drug-likeness (QED) is 0.129. The van der Waals surface area contributed by atoms with Crippen LogP contribution < -0.4 is 15.8 Å². The summed E-state index contributed by atoms with van der Waals surface area (Å²) in [6.07, 6.45) is 0. The van der Waals surface area contributed by atoms with E-state index in [0.29, 0.717) is 16.9 Å². The fourth-order valence-corrected chi connectivity index (χ4v) is 3.61. The first-order chi connectivity index (χ1) is 15.5. The Hall–Kier alpha value is -4.58. The van der Waals surface area contributed by atoms with E-state index in [-0.39, 0.29) is 5.84 Å². The van der Waals surface area contributed by atoms with E-state index in [4.69, 9.17) is 15.9 Å². The summed E-state index contributed by atoms with van der Waals surface area (Å²) in [6.45, 7) is 0. The number of rotatable bonds is 5. The smallest absolute Gasteiger partial charge is 0.343 e. The van der Waals surface area contributed by atoms with Crippen molar-refractivity contribution in [3.8, 4) is 5.75 Å². The zero-order chi connectivity index (χ0) is 22.1. The highest BCUT2D eigenvalue weighted by molar-refractivity contribution is 5.99. The number of hydrogen-bond donors (Lipinski definition) is 4. The van der Waals surface area contributed by atoms with E-state index in [1.54, 1.807) is 30.3 Å². The Morgan fingerprint density at radius 3 is 2.31 bits per heavy atom. The summed E-state index contributed by atoms with van der Waals surface area (Å²) >= 11 is 0. The highest BCUT2D eigenvalue weighted by atomic mass is 16.5. The largest absolute Gasteiger partial charge is 0.423 e. The van der Waals surface area contributed by atoms with Crippen molar-refractivity contribution in [2.24, 2.45) is 5.73 Å². The number of anilines is 2. The molecule has 1 aromatic heterocycles. The second-order valence-electron chi connectivity index (χ2n) is 7.50. The number of hydrogen-bond acceptors (Lipinski definition) is 4. The molecule has 0 aliphatic rings. The molecular formula is C26H20N4O2. The molecule has 6 nitrogen and oxygen atoms in total. The van der Waals surface area contributed by atoms with Crippen LogP contribution in [-0.4, -0.2) is 16.8 Å². The molecule has 0 spiro atoms. The number of carbonyl (C=O) groups excluding carboxylic acids is 1. The normalized spacial score (nSPS) is 10.9. The summed E-state index contributed by atoms with van der Waals surface area (Å²) < 4.78 is 5.55. The summed E-state index contributed by atoms with van der Waals surface area (Å²) in [4.78, 5) is 15.9. The van der Waals surface area contributed by atoms with E-state index in [0.717, 1.165) is 33.2 Å². The minimum absolute atomic E-state index is 0.0184. The number of aromatic amines is 1. The Kier molecular flexibility index (Phi) is 4.80. The maximum Gasteiger partial charge on any atom is 0.343 e. The average Bonchev–Trinajstić information content (AvgIpc) is 3.21. The fraction of sp³-hybridized carbons (Fsp3) is 0. The lowest BCUT2D eigenvalue weighted by Gasteiger charge is -2.08. The second kappa shape index (κ2) is 7.92. The topological polar surface area (TPSA) is 104 Å². The van der Waals surface area contributed by atoms with Crippen LogP contribution in [-0.2, 0) is 0 Å². The van der Waals surface area contributed by atoms with Crippen LogP contribution in [0.3, 0.4) is 0 Å². The third kappa shape index (κ3) is 3.89. The Morgan fingerprint density at radius 2 is 1.53 bits per heavy atom. The molecule has 4 aromatic carbocycles. The molecule has 0 atom stereocenters. The monoisotopic (exact) mass is 420 g/mol. The fourth-order valence-electron chi connectivity index (χ4n) is 3.61. The minimum atomic E-state index is -0.429. The number of nitrogen functional groups attached to an aromatic ring is 1. The second-order valence-corrected chi connectivity index (χ2v) is 7.50. The SMILES string of the molecule is N=C(N)c1ccc2cc(OC(=O)c3ccc(Nc4cc5ccccc5[nH]4)cc3)ccc2c1. The molecule has 156 valence electrons. The van der Waals surface area contributed by atoms with Gasteiger partial charge in [0.15, 0.2) is 0 Å². The van der Waals surface area contributed by atoms with Gasteiger partial charge >= 0.3 is 5.97 Å². The first-order valence-corrected chi connectivity index (χ1v) is 10.1. The van der Waals surface area contributed by atoms with Gasteiger partial charge < -0.3 is 20.8 Å². The van der Waals surface area contributed by atoms with Gasteiger partial charge in [-0.2, -0.15) is 0 Å². The van der Waals surface area contributed by atoms with Crippen LogP contribution in [0.4, 0.5) is 11.5 Å². The van der Waals surface area contributed by atoms with Crippen LogP contribution in [0, 0.1) is 5.41 Å². The van der Waals surface area contributed by atoms with Crippen LogP contribution in [0.5, 0.6) is 5.75 Å². The van der Waals surface area contributed by atoms with E-state index in [2.05, 4.69) is 10.3 Å². The van der Waals surface area contributed by atoms with Crippen LogP contribution in [0.1, 0.15) is 15.9 Å². The average molecular weight is 420 g/mol. The molecule has 0 fully saturated rings. The van der Waals surface area contributed by atoms with Gasteiger partial charge in [0.05, 0.1) is 5.56 Å². The number of fused-ring (bicyclic) bond motifs is 2. The number of esters is 1. The third-order valence-corrected chi connectivity index (χ3v) is 5.26. The number of aromatic nitrogens is 1. The lowest BCUT2D eigenvalue weighted by atomic mass is 10.1. The Bertz CT molecular complexity index is 1440. The lowest BCUT2D eigenvalue weighted by Crippen LogP contribution is -2.10. The number of carbonyl (C=O) groups is 1. The van der Waals surface area contributed by atoms with Crippen molar-refractivity contribution in [3.05, 3.63) is 102 Å². The first kappa shape index (κ1) is 19.4. The van der Waals surface area contributed by atoms with Crippen molar-refractivity contribution in [1.29, 1.82) is 5.41 Å². The number of nitrogens with one attached hydrogen (secondary N) is 3. The maximum atomic E-state index is 12.6. The molecule has 0 radical (unpaired) electrons. The maximum absolute atomic E-state index is 12.6. The highest BCUT2D eigenvalue weighted by Gasteiger charge is 2.10. The van der Waals surface area contributed by atoms with Crippen molar-refractivity contribution >= 4 is 45.0 Å². The molecular weight excluding hydrogens is 400 g/mol. The number of H-pyrrole nitrogens is 1. The predicted octanol–water partition coefficient (Wildman–Crippen LogP) is 5.57. The van der Waals surface area contributed by atoms with Gasteiger partial charge in [0.1, 0.15) is 17.4 Å². The van der Waals surface area contributed by atoms with Crippen molar-refractivity contribution in [2.45, 2.75) is 0 Å². The first-order valence-electron chi connectivity index (χ1n) is 10.1. The Balaban J connectivity index is 1.29. The van der Waals surface area contributed by atoms with E-state index < -0.39 is 5.97 Å². The van der Waals surface area contributed by atoms with Crippen LogP contribution >= 0.6 is 0 Å². The van der Waals surface area contributed by atoms with Gasteiger partial charge in [-0.25, -0.2) is 4.79 Å². The van der Waals surface area contributed by atoms with Gasteiger partial charge in [-0.1, -0.05) is 36.4 Å². The molecule has 0 amide bonds. The number of para-hydroxylation sites is 1. The minimum Gasteiger partial charge on any atom is -0.423 e. The molecule has 5 rings (SSSR count). The molecule has 5 aromatic rings. The van der Waals surface area contributed by atoms with Crippen molar-refractivity contribution in [1.82, 2.24) is 4.98 Å². The van der Waals surface area contributed by atoms with Gasteiger partial charge in [-0.15, -0.1) is 0 Å². The predicted molar refractivity (Wildman–Crippen MR) is 128 cm³/mol. The number of ether oxygens (including phenoxy) is 1. The molecule has 5 N–H and O–H groups in total. The molecule has 32 heavy (non-hydrogen) atoms. The van der Waals surface area contributed by atoms with Crippen LogP contribution in [0.15, 0.2) is 91.0 Å². The third-order valence-electron chi connectivity index (χ3n) is 5.26. The summed E-state index contributed by atoms with van der Waals surface area (Å²) in [5, 5.41) is 13.8. The molecule has 0 saturated heterocycles. The molecule has 0 bridgehead atoms. The van der Waals surface area contributed by atoms with Crippen LogP contribution in [0.25, 0.3) is 21.7 Å². The van der Waals surface area contributed by atoms with Crippen molar-refractivity contribution < 1.29 is 9.53 Å². The van der Waals surface area contributed by atoms with Crippen molar-refractivity contribution in [2.75, 3.05) is 5.32 Å². The highest BCUT2D eigenvalue weighted by Crippen LogP contribution is 2.24.